The third kappa shape index (κ3) is 5.43. The summed E-state index contributed by atoms with van der Waals surface area (Å²) in [5, 5.41) is 11.5. The van der Waals surface area contributed by atoms with E-state index >= 15 is 0 Å². The lowest BCUT2D eigenvalue weighted by Crippen LogP contribution is -2.46. The Labute approximate surface area is 95.5 Å². The molecule has 1 atom stereocenters. The van der Waals surface area contributed by atoms with E-state index in [1.54, 1.807) is 0 Å². The summed E-state index contributed by atoms with van der Waals surface area (Å²) in [5.74, 6) is -1.08. The van der Waals surface area contributed by atoms with Gasteiger partial charge >= 0.3 is 5.97 Å². The number of carboxylic acids is 1. The first kappa shape index (κ1) is 13.4. The number of aliphatic carboxylic acids is 1. The fourth-order valence-corrected chi connectivity index (χ4v) is 3.03. The predicted molar refractivity (Wildman–Crippen MR) is 59.7 cm³/mol. The summed E-state index contributed by atoms with van der Waals surface area (Å²) < 4.78 is 25.7. The summed E-state index contributed by atoms with van der Waals surface area (Å²) in [4.78, 5) is 10.2. The van der Waals surface area contributed by atoms with Crippen molar-refractivity contribution >= 4 is 16.0 Å². The van der Waals surface area contributed by atoms with E-state index in [1.807, 2.05) is 0 Å². The van der Waals surface area contributed by atoms with Gasteiger partial charge in [-0.15, -0.1) is 0 Å². The maximum absolute atomic E-state index is 11.5. The van der Waals surface area contributed by atoms with Crippen LogP contribution in [0, 0.1) is 0 Å². The minimum atomic E-state index is -3.33. The van der Waals surface area contributed by atoms with E-state index in [0.717, 1.165) is 19.4 Å². The van der Waals surface area contributed by atoms with Gasteiger partial charge in [0.1, 0.15) is 0 Å². The monoisotopic (exact) mass is 250 g/mol. The summed E-state index contributed by atoms with van der Waals surface area (Å²) in [6, 6.07) is -0.0522. The third-order valence-corrected chi connectivity index (χ3v) is 3.97. The Morgan fingerprint density at radius 3 is 2.81 bits per heavy atom. The van der Waals surface area contributed by atoms with Crippen LogP contribution in [0.15, 0.2) is 0 Å². The van der Waals surface area contributed by atoms with Crippen LogP contribution in [0.4, 0.5) is 0 Å². The molecule has 0 bridgehead atoms. The van der Waals surface area contributed by atoms with Crippen molar-refractivity contribution < 1.29 is 18.3 Å². The number of sulfonamides is 1. The van der Waals surface area contributed by atoms with Crippen LogP contribution in [0.5, 0.6) is 0 Å². The molecule has 1 aliphatic heterocycles. The lowest BCUT2D eigenvalue weighted by molar-refractivity contribution is -0.137. The van der Waals surface area contributed by atoms with E-state index in [-0.39, 0.29) is 24.6 Å². The Hall–Kier alpha value is -0.660. The first-order chi connectivity index (χ1) is 7.49. The number of carbonyl (C=O) groups is 1. The predicted octanol–water partition coefficient (Wildman–Crippen LogP) is -0.477. The molecule has 0 unspecified atom stereocenters. The second kappa shape index (κ2) is 6.17. The number of hydrogen-bond acceptors (Lipinski definition) is 4. The van der Waals surface area contributed by atoms with Gasteiger partial charge in [-0.2, -0.15) is 0 Å². The molecular formula is C9H18N2O4S. The van der Waals surface area contributed by atoms with Crippen LogP contribution >= 0.6 is 0 Å². The number of hydrogen-bond donors (Lipinski definition) is 3. The molecule has 1 aliphatic rings. The molecule has 6 nitrogen and oxygen atoms in total. The van der Waals surface area contributed by atoms with Crippen LogP contribution in [0.1, 0.15) is 25.7 Å². The van der Waals surface area contributed by atoms with E-state index in [9.17, 15) is 13.2 Å². The topological polar surface area (TPSA) is 95.5 Å². The van der Waals surface area contributed by atoms with Crippen molar-refractivity contribution in [2.75, 3.05) is 18.8 Å². The van der Waals surface area contributed by atoms with E-state index in [0.29, 0.717) is 6.54 Å². The zero-order valence-electron chi connectivity index (χ0n) is 9.11. The van der Waals surface area contributed by atoms with Crippen molar-refractivity contribution in [2.24, 2.45) is 0 Å². The Morgan fingerprint density at radius 2 is 2.25 bits per heavy atom. The fraction of sp³-hybridized carbons (Fsp3) is 0.889. The van der Waals surface area contributed by atoms with Gasteiger partial charge in [0.05, 0.1) is 5.75 Å². The molecule has 0 amide bonds. The lowest BCUT2D eigenvalue weighted by Gasteiger charge is -2.23. The first-order valence-corrected chi connectivity index (χ1v) is 7.07. The van der Waals surface area contributed by atoms with E-state index in [1.165, 1.54) is 0 Å². The van der Waals surface area contributed by atoms with Crippen molar-refractivity contribution in [3.63, 3.8) is 0 Å². The molecule has 1 heterocycles. The first-order valence-electron chi connectivity index (χ1n) is 5.42. The molecule has 0 saturated carbocycles. The maximum atomic E-state index is 11.5. The second-order valence-corrected chi connectivity index (χ2v) is 5.85. The highest BCUT2D eigenvalue weighted by molar-refractivity contribution is 7.89. The van der Waals surface area contributed by atoms with Crippen LogP contribution in [-0.2, 0) is 14.8 Å². The minimum Gasteiger partial charge on any atom is -0.481 e. The van der Waals surface area contributed by atoms with Gasteiger partial charge < -0.3 is 10.4 Å². The third-order valence-electron chi connectivity index (χ3n) is 2.45. The van der Waals surface area contributed by atoms with E-state index in [2.05, 4.69) is 10.0 Å². The van der Waals surface area contributed by atoms with Gasteiger partial charge in [-0.05, 0) is 25.8 Å². The zero-order chi connectivity index (χ0) is 12.0. The van der Waals surface area contributed by atoms with Crippen molar-refractivity contribution in [3.05, 3.63) is 0 Å². The van der Waals surface area contributed by atoms with Crippen LogP contribution in [0.2, 0.25) is 0 Å². The van der Waals surface area contributed by atoms with Crippen molar-refractivity contribution in [1.82, 2.24) is 10.0 Å². The highest BCUT2D eigenvalue weighted by atomic mass is 32.2. The lowest BCUT2D eigenvalue weighted by atomic mass is 10.1. The van der Waals surface area contributed by atoms with Gasteiger partial charge in [-0.3, -0.25) is 4.79 Å². The zero-order valence-corrected chi connectivity index (χ0v) is 9.92. The average Bonchev–Trinajstić information content (AvgIpc) is 2.17. The fourth-order valence-electron chi connectivity index (χ4n) is 1.68. The molecule has 3 N–H and O–H groups in total. The Bertz CT molecular complexity index is 322. The number of nitrogens with one attached hydrogen (secondary N) is 2. The molecule has 1 rings (SSSR count). The Morgan fingerprint density at radius 1 is 1.50 bits per heavy atom. The number of carboxylic acid groups (broad SMARTS) is 1. The van der Waals surface area contributed by atoms with E-state index in [4.69, 9.17) is 5.11 Å². The largest absolute Gasteiger partial charge is 0.481 e. The summed E-state index contributed by atoms with van der Waals surface area (Å²) >= 11 is 0. The van der Waals surface area contributed by atoms with Gasteiger partial charge in [-0.1, -0.05) is 0 Å². The number of rotatable bonds is 6. The van der Waals surface area contributed by atoms with Crippen LogP contribution < -0.4 is 10.0 Å². The molecule has 1 saturated heterocycles. The summed E-state index contributed by atoms with van der Waals surface area (Å²) in [6.07, 6.45) is 1.85. The van der Waals surface area contributed by atoms with Crippen molar-refractivity contribution in [3.8, 4) is 0 Å². The molecular weight excluding hydrogens is 232 g/mol. The van der Waals surface area contributed by atoms with Crippen LogP contribution in [-0.4, -0.2) is 44.4 Å². The summed E-state index contributed by atoms with van der Waals surface area (Å²) in [7, 11) is -3.33. The highest BCUT2D eigenvalue weighted by Gasteiger charge is 2.19. The Balaban J connectivity index is 2.29. The van der Waals surface area contributed by atoms with E-state index < -0.39 is 16.0 Å². The average molecular weight is 250 g/mol. The number of piperidine rings is 1. The Kier molecular flexibility index (Phi) is 5.17. The second-order valence-electron chi connectivity index (χ2n) is 3.98. The SMILES string of the molecule is O=C(O)CCCS(=O)(=O)N[C@H]1CCCNC1. The molecule has 1 fully saturated rings. The quantitative estimate of drug-likeness (QED) is 0.592. The normalized spacial score (nSPS) is 21.9. The highest BCUT2D eigenvalue weighted by Crippen LogP contribution is 2.04. The standard InChI is InChI=1S/C9H18N2O4S/c12-9(13)4-2-6-16(14,15)11-8-3-1-5-10-7-8/h8,10-11H,1-7H2,(H,12,13)/t8-/m0/s1. The van der Waals surface area contributed by atoms with Crippen LogP contribution in [0.25, 0.3) is 0 Å². The van der Waals surface area contributed by atoms with Gasteiger partial charge in [0.15, 0.2) is 0 Å². The van der Waals surface area contributed by atoms with Crippen LogP contribution in [0.3, 0.4) is 0 Å². The summed E-state index contributed by atoms with van der Waals surface area (Å²) in [5.41, 5.74) is 0. The van der Waals surface area contributed by atoms with Crippen molar-refractivity contribution in [2.45, 2.75) is 31.7 Å². The van der Waals surface area contributed by atoms with Gasteiger partial charge in [0.2, 0.25) is 10.0 Å². The van der Waals surface area contributed by atoms with Gasteiger partial charge in [0, 0.05) is 19.0 Å². The molecule has 0 radical (unpaired) electrons. The molecule has 0 aliphatic carbocycles. The smallest absolute Gasteiger partial charge is 0.303 e. The molecule has 0 aromatic rings. The molecule has 94 valence electrons. The van der Waals surface area contributed by atoms with Crippen molar-refractivity contribution in [1.29, 1.82) is 0 Å². The maximum Gasteiger partial charge on any atom is 0.303 e. The molecule has 0 aromatic heterocycles. The molecule has 16 heavy (non-hydrogen) atoms. The van der Waals surface area contributed by atoms with Gasteiger partial charge in [-0.25, -0.2) is 13.1 Å². The molecule has 7 heteroatoms. The minimum absolute atomic E-state index is 0.0522. The van der Waals surface area contributed by atoms with Gasteiger partial charge in [0.25, 0.3) is 0 Å². The molecule has 0 aromatic carbocycles. The molecule has 0 spiro atoms. The summed E-state index contributed by atoms with van der Waals surface area (Å²) in [6.45, 7) is 1.58.